The molecule has 1 heterocycles. The predicted octanol–water partition coefficient (Wildman–Crippen LogP) is 6.55. The molecular weight excluding hydrogens is 596 g/mol. The first-order chi connectivity index (χ1) is 23.4. The quantitative estimate of drug-likeness (QED) is 0.144. The van der Waals surface area contributed by atoms with Crippen LogP contribution in [0.3, 0.4) is 0 Å². The van der Waals surface area contributed by atoms with Crippen molar-refractivity contribution in [2.45, 2.75) is 45.2 Å². The molecule has 1 fully saturated rings. The topological polar surface area (TPSA) is 95.7 Å². The second kappa shape index (κ2) is 17.3. The third-order valence-electron chi connectivity index (χ3n) is 9.02. The van der Waals surface area contributed by atoms with Crippen LogP contribution < -0.4 is 11.1 Å². The molecule has 4 aromatic rings. The highest BCUT2D eigenvalue weighted by Gasteiger charge is 2.25. The Labute approximate surface area is 284 Å². The van der Waals surface area contributed by atoms with Gasteiger partial charge in [0, 0.05) is 56.3 Å². The number of carbonyl (C=O) groups is 3. The third-order valence-corrected chi connectivity index (χ3v) is 9.02. The maximum atomic E-state index is 13.6. The van der Waals surface area contributed by atoms with Gasteiger partial charge in [-0.3, -0.25) is 24.2 Å². The number of unbranched alkanes of at least 4 members (excludes halogenated alkanes) is 1. The molecule has 0 radical (unpaired) electrons. The zero-order valence-corrected chi connectivity index (χ0v) is 27.8. The molecule has 4 aromatic carbocycles. The van der Waals surface area contributed by atoms with E-state index in [0.29, 0.717) is 23.1 Å². The number of benzene rings is 4. The Morgan fingerprint density at radius 2 is 1.35 bits per heavy atom. The number of piperazine rings is 1. The zero-order valence-electron chi connectivity index (χ0n) is 27.8. The molecular formula is C41H46N4O3. The predicted molar refractivity (Wildman–Crippen MR) is 193 cm³/mol. The van der Waals surface area contributed by atoms with Crippen molar-refractivity contribution in [1.82, 2.24) is 15.1 Å². The average molecular weight is 643 g/mol. The lowest BCUT2D eigenvalue weighted by molar-refractivity contribution is -0.119. The molecule has 1 unspecified atom stereocenters. The first-order valence-electron chi connectivity index (χ1n) is 17.0. The summed E-state index contributed by atoms with van der Waals surface area (Å²) in [4.78, 5) is 43.9. The smallest absolute Gasteiger partial charge is 0.251 e. The van der Waals surface area contributed by atoms with Crippen LogP contribution in [0, 0.1) is 0 Å². The summed E-state index contributed by atoms with van der Waals surface area (Å²) in [5.41, 5.74) is 11.7. The van der Waals surface area contributed by atoms with Crippen LogP contribution in [0.5, 0.6) is 0 Å². The summed E-state index contributed by atoms with van der Waals surface area (Å²) >= 11 is 0. The number of primary amides is 1. The molecule has 0 spiro atoms. The lowest BCUT2D eigenvalue weighted by Crippen LogP contribution is -2.45. The van der Waals surface area contributed by atoms with E-state index in [-0.39, 0.29) is 18.2 Å². The van der Waals surface area contributed by atoms with E-state index in [0.717, 1.165) is 63.2 Å². The van der Waals surface area contributed by atoms with Crippen LogP contribution in [0.4, 0.5) is 0 Å². The minimum absolute atomic E-state index is 0.102. The summed E-state index contributed by atoms with van der Waals surface area (Å²) in [6, 6.07) is 33.3. The van der Waals surface area contributed by atoms with Crippen molar-refractivity contribution in [3.8, 4) is 0 Å². The minimum atomic E-state index is -0.546. The summed E-state index contributed by atoms with van der Waals surface area (Å²) in [5.74, 6) is -1.43. The molecule has 0 bridgehead atoms. The molecule has 7 nitrogen and oxygen atoms in total. The molecule has 0 saturated carbocycles. The van der Waals surface area contributed by atoms with E-state index in [1.54, 1.807) is 36.4 Å². The molecule has 1 aliphatic rings. The highest BCUT2D eigenvalue weighted by Crippen LogP contribution is 2.30. The lowest BCUT2D eigenvalue weighted by Gasteiger charge is -2.34. The summed E-state index contributed by atoms with van der Waals surface area (Å²) in [5, 5.41) is 2.78. The van der Waals surface area contributed by atoms with Crippen LogP contribution in [0.15, 0.2) is 103 Å². The van der Waals surface area contributed by atoms with E-state index in [1.165, 1.54) is 11.1 Å². The molecule has 248 valence electrons. The molecule has 3 N–H and O–H groups in total. The average Bonchev–Trinajstić information content (AvgIpc) is 3.12. The number of nitrogens with zero attached hydrogens (tertiary/aromatic N) is 2. The van der Waals surface area contributed by atoms with Crippen molar-refractivity contribution in [2.75, 3.05) is 32.7 Å². The van der Waals surface area contributed by atoms with Crippen molar-refractivity contribution >= 4 is 29.7 Å². The van der Waals surface area contributed by atoms with Crippen molar-refractivity contribution in [1.29, 1.82) is 0 Å². The van der Waals surface area contributed by atoms with Crippen LogP contribution in [0.25, 0.3) is 12.2 Å². The Hall–Kier alpha value is -4.85. The molecule has 7 heteroatoms. The lowest BCUT2D eigenvalue weighted by atomic mass is 9.84. The van der Waals surface area contributed by atoms with Gasteiger partial charge in [-0.25, -0.2) is 0 Å². The molecule has 5 rings (SSSR count). The number of amides is 2. The normalized spacial score (nSPS) is 14.5. The summed E-state index contributed by atoms with van der Waals surface area (Å²) in [6.45, 7) is 8.06. The van der Waals surface area contributed by atoms with Gasteiger partial charge < -0.3 is 11.1 Å². The number of nitrogens with one attached hydrogen (secondary N) is 1. The first-order valence-corrected chi connectivity index (χ1v) is 17.0. The monoisotopic (exact) mass is 642 g/mol. The van der Waals surface area contributed by atoms with Gasteiger partial charge in [-0.2, -0.15) is 0 Å². The third kappa shape index (κ3) is 9.59. The van der Waals surface area contributed by atoms with Crippen molar-refractivity contribution in [2.24, 2.45) is 5.73 Å². The van der Waals surface area contributed by atoms with Gasteiger partial charge in [-0.05, 0) is 52.4 Å². The fraction of sp³-hybridized carbons (Fsp3) is 0.293. The zero-order chi connectivity index (χ0) is 33.7. The largest absolute Gasteiger partial charge is 0.366 e. The fourth-order valence-corrected chi connectivity index (χ4v) is 6.29. The maximum Gasteiger partial charge on any atom is 0.251 e. The highest BCUT2D eigenvalue weighted by atomic mass is 16.2. The second-order valence-corrected chi connectivity index (χ2v) is 12.5. The van der Waals surface area contributed by atoms with Crippen LogP contribution in [-0.2, 0) is 17.9 Å². The number of Topliss-reactive ketones (excluding diaryl/α,β-unsaturated/α-hetero) is 1. The highest BCUT2D eigenvalue weighted by molar-refractivity contribution is 6.01. The Morgan fingerprint density at radius 3 is 1.96 bits per heavy atom. The Bertz CT molecular complexity index is 1680. The number of carbonyl (C=O) groups excluding carboxylic acids is 3. The second-order valence-electron chi connectivity index (χ2n) is 12.5. The van der Waals surface area contributed by atoms with Crippen molar-refractivity contribution < 1.29 is 14.4 Å². The number of nitrogens with two attached hydrogens (primary N) is 1. The van der Waals surface area contributed by atoms with Gasteiger partial charge in [0.2, 0.25) is 5.91 Å². The number of ketones is 1. The molecule has 1 saturated heterocycles. The number of hydrogen-bond acceptors (Lipinski definition) is 5. The molecule has 0 aliphatic carbocycles. The van der Waals surface area contributed by atoms with E-state index < -0.39 is 11.8 Å². The maximum absolute atomic E-state index is 13.6. The Kier molecular flexibility index (Phi) is 12.5. The Morgan fingerprint density at radius 1 is 0.750 bits per heavy atom. The van der Waals surface area contributed by atoms with Crippen LogP contribution >= 0.6 is 0 Å². The van der Waals surface area contributed by atoms with Gasteiger partial charge in [0.25, 0.3) is 5.91 Å². The van der Waals surface area contributed by atoms with Crippen molar-refractivity contribution in [3.63, 3.8) is 0 Å². The molecule has 1 aliphatic heterocycles. The molecule has 48 heavy (non-hydrogen) atoms. The van der Waals surface area contributed by atoms with E-state index in [2.05, 4.69) is 76.6 Å². The number of hydrogen-bond donors (Lipinski definition) is 2. The molecule has 2 amide bonds. The van der Waals surface area contributed by atoms with Gasteiger partial charge in [0.05, 0.1) is 6.54 Å². The van der Waals surface area contributed by atoms with Crippen LogP contribution in [-0.4, -0.2) is 60.1 Å². The summed E-state index contributed by atoms with van der Waals surface area (Å²) in [6.07, 6.45) is 6.21. The van der Waals surface area contributed by atoms with Gasteiger partial charge >= 0.3 is 0 Å². The number of rotatable bonds is 15. The standard InChI is InChI=1S/C41H46N4O3/c1-2-3-15-37(39(46)28-43-41(48)34-13-8-5-9-14-34)35-16-10-17-38(40(42)47)36(35)23-22-31-18-20-33(21-19-31)30-45-26-24-44(25-27-45)29-32-11-6-4-7-12-32/h4-14,16-23,37H,2-3,15,24-30H2,1H3,(H2,42,47)(H,43,48). The molecule has 0 aromatic heterocycles. The van der Waals surface area contributed by atoms with Gasteiger partial charge in [0.15, 0.2) is 5.78 Å². The minimum Gasteiger partial charge on any atom is -0.366 e. The van der Waals surface area contributed by atoms with Gasteiger partial charge in [-0.1, -0.05) is 117 Å². The van der Waals surface area contributed by atoms with E-state index in [1.807, 2.05) is 24.3 Å². The van der Waals surface area contributed by atoms with Gasteiger partial charge in [-0.15, -0.1) is 0 Å². The van der Waals surface area contributed by atoms with Crippen LogP contribution in [0.1, 0.15) is 80.6 Å². The van der Waals surface area contributed by atoms with Crippen molar-refractivity contribution in [3.05, 3.63) is 142 Å². The summed E-state index contributed by atoms with van der Waals surface area (Å²) < 4.78 is 0. The van der Waals surface area contributed by atoms with Gasteiger partial charge in [0.1, 0.15) is 0 Å². The van der Waals surface area contributed by atoms with Crippen LogP contribution in [0.2, 0.25) is 0 Å². The van der Waals surface area contributed by atoms with E-state index in [4.69, 9.17) is 5.73 Å². The first kappa shape index (κ1) is 34.5. The fourth-order valence-electron chi connectivity index (χ4n) is 6.29. The SMILES string of the molecule is CCCCC(C(=O)CNC(=O)c1ccccc1)c1cccc(C(N)=O)c1C=Cc1ccc(CN2CCN(Cc3ccccc3)CC2)cc1. The molecule has 1 atom stereocenters. The summed E-state index contributed by atoms with van der Waals surface area (Å²) in [7, 11) is 0. The van der Waals surface area contributed by atoms with E-state index in [9.17, 15) is 14.4 Å². The van der Waals surface area contributed by atoms with E-state index >= 15 is 0 Å². The Balaban J connectivity index is 1.26.